The van der Waals surface area contributed by atoms with Crippen LogP contribution in [0.3, 0.4) is 0 Å². The Morgan fingerprint density at radius 1 is 1.00 bits per heavy atom. The van der Waals surface area contributed by atoms with Crippen molar-refractivity contribution in [1.82, 2.24) is 0 Å². The monoisotopic (exact) mass is 251 g/mol. The number of hydrogen-bond acceptors (Lipinski definition) is 3. The Balaban J connectivity index is 2.33. The molecule has 0 aliphatic heterocycles. The van der Waals surface area contributed by atoms with Crippen LogP contribution >= 0.6 is 0 Å². The molecule has 3 heteroatoms. The molecule has 19 heavy (non-hydrogen) atoms. The van der Waals surface area contributed by atoms with Crippen LogP contribution in [0, 0.1) is 6.92 Å². The molecular formula is C16H13NO2. The number of anilines is 1. The van der Waals surface area contributed by atoms with E-state index in [2.05, 4.69) is 0 Å². The normalized spacial score (nSPS) is 10.8. The maximum atomic E-state index is 12.1. The van der Waals surface area contributed by atoms with E-state index in [0.717, 1.165) is 16.5 Å². The lowest BCUT2D eigenvalue weighted by Crippen LogP contribution is -2.04. The second kappa shape index (κ2) is 4.28. The number of nitrogen functional groups attached to an aromatic ring is 1. The molecule has 0 atom stereocenters. The molecule has 0 aliphatic rings. The Morgan fingerprint density at radius 3 is 2.63 bits per heavy atom. The van der Waals surface area contributed by atoms with Gasteiger partial charge >= 0.3 is 5.63 Å². The summed E-state index contributed by atoms with van der Waals surface area (Å²) in [6.07, 6.45) is 0. The molecule has 3 aromatic rings. The molecule has 2 aromatic carbocycles. The van der Waals surface area contributed by atoms with Crippen molar-refractivity contribution in [2.75, 3.05) is 5.73 Å². The minimum atomic E-state index is -0.365. The second-order valence-electron chi connectivity index (χ2n) is 4.58. The van der Waals surface area contributed by atoms with Gasteiger partial charge in [-0.25, -0.2) is 4.79 Å². The summed E-state index contributed by atoms with van der Waals surface area (Å²) < 4.78 is 5.33. The number of para-hydroxylation sites is 1. The zero-order valence-electron chi connectivity index (χ0n) is 10.5. The van der Waals surface area contributed by atoms with Crippen molar-refractivity contribution in [2.24, 2.45) is 0 Å². The fourth-order valence-electron chi connectivity index (χ4n) is 2.15. The number of aryl methyl sites for hydroxylation is 1. The predicted molar refractivity (Wildman–Crippen MR) is 77.1 cm³/mol. The molecule has 0 fully saturated rings. The van der Waals surface area contributed by atoms with Crippen LogP contribution in [0.2, 0.25) is 0 Å². The summed E-state index contributed by atoms with van der Waals surface area (Å²) in [5.41, 5.74) is 9.03. The van der Waals surface area contributed by atoms with Gasteiger partial charge in [0.05, 0.1) is 5.56 Å². The fourth-order valence-corrected chi connectivity index (χ4v) is 2.15. The van der Waals surface area contributed by atoms with Gasteiger partial charge in [-0.2, -0.15) is 0 Å². The largest absolute Gasteiger partial charge is 0.422 e. The van der Waals surface area contributed by atoms with Gasteiger partial charge in [0, 0.05) is 16.6 Å². The first-order valence-corrected chi connectivity index (χ1v) is 6.04. The summed E-state index contributed by atoms with van der Waals surface area (Å²) in [5.74, 6) is 0. The van der Waals surface area contributed by atoms with Gasteiger partial charge in [-0.1, -0.05) is 29.8 Å². The lowest BCUT2D eigenvalue weighted by atomic mass is 10.0. The van der Waals surface area contributed by atoms with E-state index in [-0.39, 0.29) is 5.63 Å². The molecule has 2 N–H and O–H groups in total. The Morgan fingerprint density at radius 2 is 1.79 bits per heavy atom. The van der Waals surface area contributed by atoms with E-state index >= 15 is 0 Å². The Labute approximate surface area is 110 Å². The summed E-state index contributed by atoms with van der Waals surface area (Å²) in [6.45, 7) is 1.96. The van der Waals surface area contributed by atoms with Crippen molar-refractivity contribution in [3.8, 4) is 11.1 Å². The van der Waals surface area contributed by atoms with E-state index in [1.54, 1.807) is 12.1 Å². The number of fused-ring (bicyclic) bond motifs is 1. The van der Waals surface area contributed by atoms with E-state index in [1.165, 1.54) is 0 Å². The van der Waals surface area contributed by atoms with Gasteiger partial charge in [0.15, 0.2) is 0 Å². The van der Waals surface area contributed by atoms with Gasteiger partial charge in [0.2, 0.25) is 0 Å². The predicted octanol–water partition coefficient (Wildman–Crippen LogP) is 3.35. The van der Waals surface area contributed by atoms with Crippen LogP contribution < -0.4 is 11.4 Å². The molecule has 0 bridgehead atoms. The van der Waals surface area contributed by atoms with E-state index < -0.39 is 0 Å². The smallest absolute Gasteiger partial charge is 0.344 e. The molecule has 0 saturated carbocycles. The first-order valence-electron chi connectivity index (χ1n) is 6.04. The van der Waals surface area contributed by atoms with Crippen molar-refractivity contribution in [3.63, 3.8) is 0 Å². The summed E-state index contributed by atoms with van der Waals surface area (Å²) >= 11 is 0. The zero-order valence-corrected chi connectivity index (χ0v) is 10.5. The van der Waals surface area contributed by atoms with Crippen LogP contribution in [-0.2, 0) is 0 Å². The number of rotatable bonds is 1. The molecule has 1 heterocycles. The highest BCUT2D eigenvalue weighted by molar-refractivity contribution is 5.84. The van der Waals surface area contributed by atoms with Crippen LogP contribution in [0.25, 0.3) is 22.1 Å². The van der Waals surface area contributed by atoms with Crippen LogP contribution in [0.5, 0.6) is 0 Å². The zero-order chi connectivity index (χ0) is 13.4. The molecular weight excluding hydrogens is 238 g/mol. The van der Waals surface area contributed by atoms with E-state index in [1.807, 2.05) is 43.3 Å². The van der Waals surface area contributed by atoms with Crippen LogP contribution in [0.15, 0.2) is 57.7 Å². The second-order valence-corrected chi connectivity index (χ2v) is 4.58. The van der Waals surface area contributed by atoms with Crippen molar-refractivity contribution in [1.29, 1.82) is 0 Å². The lowest BCUT2D eigenvalue weighted by Gasteiger charge is -2.06. The molecule has 0 amide bonds. The molecule has 0 unspecified atom stereocenters. The summed E-state index contributed by atoms with van der Waals surface area (Å²) in [5, 5.41) is 0.887. The topological polar surface area (TPSA) is 56.2 Å². The maximum absolute atomic E-state index is 12.1. The molecule has 0 saturated heterocycles. The third-order valence-corrected chi connectivity index (χ3v) is 3.14. The van der Waals surface area contributed by atoms with Gasteiger partial charge in [-0.3, -0.25) is 0 Å². The van der Waals surface area contributed by atoms with Crippen molar-refractivity contribution < 1.29 is 4.42 Å². The van der Waals surface area contributed by atoms with E-state index in [4.69, 9.17) is 10.2 Å². The molecule has 1 aromatic heterocycles. The first-order chi connectivity index (χ1) is 9.15. The molecule has 3 rings (SSSR count). The summed E-state index contributed by atoms with van der Waals surface area (Å²) in [7, 11) is 0. The highest BCUT2D eigenvalue weighted by Gasteiger charge is 2.10. The quantitative estimate of drug-likeness (QED) is 0.533. The van der Waals surface area contributed by atoms with Gasteiger partial charge in [0.25, 0.3) is 0 Å². The third kappa shape index (κ3) is 1.99. The van der Waals surface area contributed by atoms with Gasteiger partial charge in [-0.05, 0) is 31.2 Å². The van der Waals surface area contributed by atoms with Crippen LogP contribution in [0.1, 0.15) is 5.56 Å². The SMILES string of the molecule is Cc1ccc(N)c(-c2cc3ccccc3oc2=O)c1. The maximum Gasteiger partial charge on any atom is 0.344 e. The van der Waals surface area contributed by atoms with Gasteiger partial charge in [0.1, 0.15) is 5.58 Å². The average Bonchev–Trinajstić information content (AvgIpc) is 2.41. The Bertz CT molecular complexity index is 818. The molecule has 94 valence electrons. The van der Waals surface area contributed by atoms with Crippen LogP contribution in [0.4, 0.5) is 5.69 Å². The van der Waals surface area contributed by atoms with E-state index in [0.29, 0.717) is 16.8 Å². The highest BCUT2D eigenvalue weighted by atomic mass is 16.4. The average molecular weight is 251 g/mol. The third-order valence-electron chi connectivity index (χ3n) is 3.14. The number of benzene rings is 2. The fraction of sp³-hybridized carbons (Fsp3) is 0.0625. The minimum Gasteiger partial charge on any atom is -0.422 e. The van der Waals surface area contributed by atoms with E-state index in [9.17, 15) is 4.79 Å². The number of nitrogens with two attached hydrogens (primary N) is 1. The minimum absolute atomic E-state index is 0.365. The standard InChI is InChI=1S/C16H13NO2/c1-10-6-7-14(17)12(8-10)13-9-11-4-2-3-5-15(11)19-16(13)18/h2-9H,17H2,1H3. The highest BCUT2D eigenvalue weighted by Crippen LogP contribution is 2.26. The van der Waals surface area contributed by atoms with Crippen LogP contribution in [-0.4, -0.2) is 0 Å². The Hall–Kier alpha value is -2.55. The summed E-state index contributed by atoms with van der Waals surface area (Å²) in [6, 6.07) is 14.9. The molecule has 0 radical (unpaired) electrons. The molecule has 0 spiro atoms. The van der Waals surface area contributed by atoms with Gasteiger partial charge in [-0.15, -0.1) is 0 Å². The van der Waals surface area contributed by atoms with Crippen molar-refractivity contribution in [2.45, 2.75) is 6.92 Å². The lowest BCUT2D eigenvalue weighted by molar-refractivity contribution is 0.563. The summed E-state index contributed by atoms with van der Waals surface area (Å²) in [4.78, 5) is 12.1. The molecule has 3 nitrogen and oxygen atoms in total. The number of hydrogen-bond donors (Lipinski definition) is 1. The first kappa shape index (κ1) is 11.5. The van der Waals surface area contributed by atoms with Gasteiger partial charge < -0.3 is 10.2 Å². The molecule has 0 aliphatic carbocycles. The Kier molecular flexibility index (Phi) is 2.60. The van der Waals surface area contributed by atoms with Crippen molar-refractivity contribution >= 4 is 16.7 Å². The van der Waals surface area contributed by atoms with Crippen molar-refractivity contribution in [3.05, 3.63) is 64.5 Å².